The van der Waals surface area contributed by atoms with Crippen molar-refractivity contribution in [1.29, 1.82) is 5.41 Å². The van der Waals surface area contributed by atoms with Crippen LogP contribution in [0.25, 0.3) is 0 Å². The van der Waals surface area contributed by atoms with E-state index in [9.17, 15) is 4.39 Å². The lowest BCUT2D eigenvalue weighted by Crippen LogP contribution is -2.36. The molecule has 1 saturated heterocycles. The van der Waals surface area contributed by atoms with Gasteiger partial charge in [-0.25, -0.2) is 4.39 Å². The topological polar surface area (TPSA) is 62.3 Å². The third kappa shape index (κ3) is 2.42. The number of anilines is 1. The van der Waals surface area contributed by atoms with E-state index in [0.717, 1.165) is 0 Å². The van der Waals surface area contributed by atoms with Crippen molar-refractivity contribution < 1.29 is 9.13 Å². The molecule has 1 aromatic rings. The van der Waals surface area contributed by atoms with Crippen LogP contribution in [-0.4, -0.2) is 32.1 Å². The van der Waals surface area contributed by atoms with Gasteiger partial charge in [0.2, 0.25) is 0 Å². The van der Waals surface area contributed by atoms with Gasteiger partial charge in [0.05, 0.1) is 23.4 Å². The van der Waals surface area contributed by atoms with Crippen molar-refractivity contribution in [2.75, 3.05) is 31.2 Å². The highest BCUT2D eigenvalue weighted by Crippen LogP contribution is 2.29. The lowest BCUT2D eigenvalue weighted by molar-refractivity contribution is 0.122. The number of amidine groups is 1. The predicted octanol–water partition coefficient (Wildman–Crippen LogP) is 1.71. The van der Waals surface area contributed by atoms with E-state index < -0.39 is 0 Å². The molecule has 0 radical (unpaired) electrons. The Labute approximate surface area is 107 Å². The zero-order valence-corrected chi connectivity index (χ0v) is 10.8. The molecule has 17 heavy (non-hydrogen) atoms. The van der Waals surface area contributed by atoms with E-state index in [1.54, 1.807) is 12.1 Å². The summed E-state index contributed by atoms with van der Waals surface area (Å²) < 4.78 is 19.6. The Morgan fingerprint density at radius 1 is 1.41 bits per heavy atom. The standard InChI is InChI=1S/C11H13BrFN3O/c12-9-7(11(14)15)1-2-8(10(9)13)16-3-5-17-6-4-16/h1-2H,3-6H2,(H3,14,15). The number of hydrogen-bond acceptors (Lipinski definition) is 3. The lowest BCUT2D eigenvalue weighted by Gasteiger charge is -2.29. The van der Waals surface area contributed by atoms with Crippen molar-refractivity contribution in [3.05, 3.63) is 28.0 Å². The molecule has 1 fully saturated rings. The number of hydrogen-bond donors (Lipinski definition) is 2. The Morgan fingerprint density at radius 3 is 2.65 bits per heavy atom. The van der Waals surface area contributed by atoms with Gasteiger partial charge in [-0.05, 0) is 28.1 Å². The van der Waals surface area contributed by atoms with E-state index in [1.165, 1.54) is 0 Å². The van der Waals surface area contributed by atoms with Gasteiger partial charge >= 0.3 is 0 Å². The van der Waals surface area contributed by atoms with Gasteiger partial charge in [-0.3, -0.25) is 5.41 Å². The minimum atomic E-state index is -0.375. The van der Waals surface area contributed by atoms with Crippen LogP contribution >= 0.6 is 15.9 Å². The maximum absolute atomic E-state index is 14.1. The predicted molar refractivity (Wildman–Crippen MR) is 68.1 cm³/mol. The molecule has 4 nitrogen and oxygen atoms in total. The molecule has 0 unspecified atom stereocenters. The first-order valence-electron chi connectivity index (χ1n) is 5.26. The molecule has 3 N–H and O–H groups in total. The number of rotatable bonds is 2. The van der Waals surface area contributed by atoms with Crippen LogP contribution in [0.4, 0.5) is 10.1 Å². The fourth-order valence-electron chi connectivity index (χ4n) is 1.80. The SMILES string of the molecule is N=C(N)c1ccc(N2CCOCC2)c(F)c1Br. The van der Waals surface area contributed by atoms with Gasteiger partial charge in [-0.2, -0.15) is 0 Å². The molecule has 1 heterocycles. The first-order valence-corrected chi connectivity index (χ1v) is 6.05. The maximum atomic E-state index is 14.1. The summed E-state index contributed by atoms with van der Waals surface area (Å²) in [7, 11) is 0. The molecule has 0 atom stereocenters. The summed E-state index contributed by atoms with van der Waals surface area (Å²) in [6, 6.07) is 3.31. The highest BCUT2D eigenvalue weighted by molar-refractivity contribution is 9.10. The van der Waals surface area contributed by atoms with E-state index >= 15 is 0 Å². The van der Waals surface area contributed by atoms with Crippen molar-refractivity contribution in [3.8, 4) is 0 Å². The summed E-state index contributed by atoms with van der Waals surface area (Å²) in [6.45, 7) is 2.54. The van der Waals surface area contributed by atoms with Crippen LogP contribution in [0.1, 0.15) is 5.56 Å². The number of morpholine rings is 1. The second kappa shape index (κ2) is 5.01. The van der Waals surface area contributed by atoms with Gasteiger partial charge in [-0.15, -0.1) is 0 Å². The van der Waals surface area contributed by atoms with Crippen molar-refractivity contribution >= 4 is 27.5 Å². The largest absolute Gasteiger partial charge is 0.384 e. The highest BCUT2D eigenvalue weighted by Gasteiger charge is 2.19. The molecule has 1 aliphatic rings. The Hall–Kier alpha value is -1.14. The van der Waals surface area contributed by atoms with Crippen molar-refractivity contribution in [2.24, 2.45) is 5.73 Å². The number of nitrogen functional groups attached to an aromatic ring is 1. The van der Waals surface area contributed by atoms with Crippen LogP contribution in [0.2, 0.25) is 0 Å². The van der Waals surface area contributed by atoms with E-state index in [-0.39, 0.29) is 16.1 Å². The Balaban J connectivity index is 2.36. The van der Waals surface area contributed by atoms with Gasteiger partial charge in [0, 0.05) is 18.7 Å². The average molecular weight is 302 g/mol. The number of ether oxygens (including phenoxy) is 1. The van der Waals surface area contributed by atoms with Gasteiger partial charge in [0.25, 0.3) is 0 Å². The minimum absolute atomic E-state index is 0.149. The molecule has 1 aliphatic heterocycles. The maximum Gasteiger partial charge on any atom is 0.161 e. The Kier molecular flexibility index (Phi) is 3.63. The first kappa shape index (κ1) is 12.3. The van der Waals surface area contributed by atoms with Gasteiger partial charge in [0.1, 0.15) is 5.84 Å². The summed E-state index contributed by atoms with van der Waals surface area (Å²) in [5.74, 6) is -0.524. The molecule has 0 aliphatic carbocycles. The Bertz CT molecular complexity index is 447. The molecular formula is C11H13BrFN3O. The molecular weight excluding hydrogens is 289 g/mol. The number of nitrogens with zero attached hydrogens (tertiary/aromatic N) is 1. The summed E-state index contributed by atoms with van der Waals surface area (Å²) in [5.41, 5.74) is 6.26. The lowest BCUT2D eigenvalue weighted by atomic mass is 10.1. The van der Waals surface area contributed by atoms with Crippen LogP contribution in [0, 0.1) is 11.2 Å². The van der Waals surface area contributed by atoms with Gasteiger partial charge in [-0.1, -0.05) is 0 Å². The minimum Gasteiger partial charge on any atom is -0.384 e. The smallest absolute Gasteiger partial charge is 0.161 e. The van der Waals surface area contributed by atoms with Crippen molar-refractivity contribution in [3.63, 3.8) is 0 Å². The molecule has 6 heteroatoms. The molecule has 0 spiro atoms. The molecule has 0 amide bonds. The third-order valence-corrected chi connectivity index (χ3v) is 3.48. The highest BCUT2D eigenvalue weighted by atomic mass is 79.9. The summed E-state index contributed by atoms with van der Waals surface area (Å²) >= 11 is 3.14. The van der Waals surface area contributed by atoms with Crippen LogP contribution in [0.15, 0.2) is 16.6 Å². The van der Waals surface area contributed by atoms with E-state index in [0.29, 0.717) is 37.6 Å². The quantitative estimate of drug-likeness (QED) is 0.646. The Morgan fingerprint density at radius 2 is 2.06 bits per heavy atom. The summed E-state index contributed by atoms with van der Waals surface area (Å²) in [5, 5.41) is 7.34. The van der Waals surface area contributed by atoms with E-state index in [2.05, 4.69) is 15.9 Å². The van der Waals surface area contributed by atoms with Crippen molar-refractivity contribution in [2.45, 2.75) is 0 Å². The summed E-state index contributed by atoms with van der Waals surface area (Å²) in [4.78, 5) is 1.92. The van der Waals surface area contributed by atoms with E-state index in [1.807, 2.05) is 4.90 Å². The molecule has 92 valence electrons. The normalized spacial score (nSPS) is 16.0. The van der Waals surface area contributed by atoms with E-state index in [4.69, 9.17) is 15.9 Å². The molecule has 0 aromatic heterocycles. The number of benzene rings is 1. The number of nitrogens with one attached hydrogen (secondary N) is 1. The van der Waals surface area contributed by atoms with Crippen molar-refractivity contribution in [1.82, 2.24) is 0 Å². The summed E-state index contributed by atoms with van der Waals surface area (Å²) in [6.07, 6.45) is 0. The van der Waals surface area contributed by atoms with Crippen LogP contribution < -0.4 is 10.6 Å². The monoisotopic (exact) mass is 301 g/mol. The average Bonchev–Trinajstić information content (AvgIpc) is 2.33. The van der Waals surface area contributed by atoms with Crippen LogP contribution in [-0.2, 0) is 4.74 Å². The molecule has 2 rings (SSSR count). The van der Waals surface area contributed by atoms with Crippen LogP contribution in [0.3, 0.4) is 0 Å². The van der Waals surface area contributed by atoms with Gasteiger partial charge < -0.3 is 15.4 Å². The fourth-order valence-corrected chi connectivity index (χ4v) is 2.34. The zero-order valence-electron chi connectivity index (χ0n) is 9.17. The third-order valence-electron chi connectivity index (χ3n) is 2.70. The molecule has 0 bridgehead atoms. The van der Waals surface area contributed by atoms with Gasteiger partial charge in [0.15, 0.2) is 5.82 Å². The first-order chi connectivity index (χ1) is 8.11. The second-order valence-electron chi connectivity index (χ2n) is 3.77. The molecule has 1 aromatic carbocycles. The second-order valence-corrected chi connectivity index (χ2v) is 4.57. The number of halogens is 2. The molecule has 0 saturated carbocycles. The van der Waals surface area contributed by atoms with Crippen LogP contribution in [0.5, 0.6) is 0 Å². The zero-order chi connectivity index (χ0) is 12.4. The fraction of sp³-hybridized carbons (Fsp3) is 0.364. The number of nitrogens with two attached hydrogens (primary N) is 1.